The number of unbranched alkanes of at least 4 members (excludes halogenated alkanes) is 1. The van der Waals surface area contributed by atoms with Crippen molar-refractivity contribution >= 4 is 30.6 Å². The number of carbonyl (C=O) groups is 2. The van der Waals surface area contributed by atoms with E-state index in [1.54, 1.807) is 0 Å². The number of carboxylic acids is 1. The van der Waals surface area contributed by atoms with Gasteiger partial charge < -0.3 is 23.7 Å². The predicted molar refractivity (Wildman–Crippen MR) is 142 cm³/mol. The standard InChI is InChI=1S/C28H40O7Si/c1-28(2,3)36(24-12-6-4-7-13-24,25-14-8-5-9-15-25)35-23-21-33-19-18-32-20-22-34-27(31)17-11-10-16-26(29)30/h4-9,12-15H,10-11,16-23H2,1-3H3,(H,29,30). The Kier molecular flexibility index (Phi) is 12.8. The van der Waals surface area contributed by atoms with Gasteiger partial charge in [-0.25, -0.2) is 0 Å². The molecule has 0 atom stereocenters. The second kappa shape index (κ2) is 15.6. The minimum absolute atomic E-state index is 0.0688. The second-order valence-corrected chi connectivity index (χ2v) is 13.9. The fourth-order valence-corrected chi connectivity index (χ4v) is 8.71. The monoisotopic (exact) mass is 516 g/mol. The van der Waals surface area contributed by atoms with Gasteiger partial charge in [0.15, 0.2) is 0 Å². The van der Waals surface area contributed by atoms with E-state index >= 15 is 0 Å². The van der Waals surface area contributed by atoms with E-state index in [0.717, 1.165) is 0 Å². The zero-order valence-corrected chi connectivity index (χ0v) is 22.7. The van der Waals surface area contributed by atoms with Crippen LogP contribution in [0.15, 0.2) is 60.7 Å². The SMILES string of the molecule is CC(C)(C)[Si](OCCOCCOCCOC(=O)CCCCC(=O)O)(c1ccccc1)c1ccccc1. The quantitative estimate of drug-likeness (QED) is 0.194. The number of carbonyl (C=O) groups excluding carboxylic acids is 1. The molecule has 0 aliphatic carbocycles. The van der Waals surface area contributed by atoms with Crippen molar-refractivity contribution in [2.24, 2.45) is 0 Å². The first-order chi connectivity index (χ1) is 17.3. The molecule has 7 nitrogen and oxygen atoms in total. The summed E-state index contributed by atoms with van der Waals surface area (Å²) in [5, 5.41) is 11.0. The van der Waals surface area contributed by atoms with Gasteiger partial charge in [-0.15, -0.1) is 0 Å². The molecule has 36 heavy (non-hydrogen) atoms. The Morgan fingerprint density at radius 1 is 0.722 bits per heavy atom. The van der Waals surface area contributed by atoms with Crippen molar-refractivity contribution in [1.29, 1.82) is 0 Å². The topological polar surface area (TPSA) is 91.3 Å². The molecule has 8 heteroatoms. The van der Waals surface area contributed by atoms with E-state index in [1.807, 2.05) is 12.1 Å². The molecular weight excluding hydrogens is 476 g/mol. The Balaban J connectivity index is 1.72. The first-order valence-corrected chi connectivity index (χ1v) is 14.5. The van der Waals surface area contributed by atoms with Crippen molar-refractivity contribution in [3.05, 3.63) is 60.7 Å². The molecule has 0 unspecified atom stereocenters. The minimum Gasteiger partial charge on any atom is -0.481 e. The predicted octanol–water partition coefficient (Wildman–Crippen LogP) is 3.78. The molecular formula is C28H40O7Si. The van der Waals surface area contributed by atoms with E-state index in [-0.39, 0.29) is 30.5 Å². The van der Waals surface area contributed by atoms with Crippen molar-refractivity contribution in [1.82, 2.24) is 0 Å². The van der Waals surface area contributed by atoms with Crippen LogP contribution in [0.5, 0.6) is 0 Å². The molecule has 0 aliphatic rings. The molecule has 2 rings (SSSR count). The van der Waals surface area contributed by atoms with Gasteiger partial charge in [-0.1, -0.05) is 81.4 Å². The fraction of sp³-hybridized carbons (Fsp3) is 0.500. The molecule has 0 saturated carbocycles. The zero-order chi connectivity index (χ0) is 26.3. The van der Waals surface area contributed by atoms with E-state index in [2.05, 4.69) is 69.3 Å². The first kappa shape index (κ1) is 29.7. The van der Waals surface area contributed by atoms with Crippen molar-refractivity contribution < 1.29 is 33.3 Å². The van der Waals surface area contributed by atoms with Crippen LogP contribution in [-0.2, 0) is 28.2 Å². The van der Waals surface area contributed by atoms with Gasteiger partial charge in [0.05, 0.1) is 33.0 Å². The van der Waals surface area contributed by atoms with Gasteiger partial charge in [0, 0.05) is 12.8 Å². The number of aliphatic carboxylic acids is 1. The Morgan fingerprint density at radius 2 is 1.19 bits per heavy atom. The maximum absolute atomic E-state index is 11.6. The van der Waals surface area contributed by atoms with Gasteiger partial charge in [0.1, 0.15) is 6.61 Å². The van der Waals surface area contributed by atoms with Crippen LogP contribution in [0.25, 0.3) is 0 Å². The van der Waals surface area contributed by atoms with Gasteiger partial charge in [-0.05, 0) is 28.3 Å². The summed E-state index contributed by atoms with van der Waals surface area (Å²) < 4.78 is 23.1. The molecule has 2 aromatic rings. The minimum atomic E-state index is -2.55. The second-order valence-electron chi connectivity index (χ2n) is 9.56. The summed E-state index contributed by atoms with van der Waals surface area (Å²) in [6.45, 7) is 8.97. The Hall–Kier alpha value is -2.52. The van der Waals surface area contributed by atoms with E-state index in [4.69, 9.17) is 23.7 Å². The third-order valence-corrected chi connectivity index (χ3v) is 10.9. The van der Waals surface area contributed by atoms with Crippen molar-refractivity contribution in [2.75, 3.05) is 39.6 Å². The summed E-state index contributed by atoms with van der Waals surface area (Å²) in [5.41, 5.74) is 0. The molecule has 2 aromatic carbocycles. The van der Waals surface area contributed by atoms with Crippen LogP contribution in [-0.4, -0.2) is 65.0 Å². The fourth-order valence-electron chi connectivity index (χ4n) is 4.17. The summed E-state index contributed by atoms with van der Waals surface area (Å²) in [7, 11) is -2.55. The summed E-state index contributed by atoms with van der Waals surface area (Å²) in [4.78, 5) is 22.0. The maximum Gasteiger partial charge on any atom is 0.305 e. The van der Waals surface area contributed by atoms with E-state index in [0.29, 0.717) is 45.9 Å². The summed E-state index contributed by atoms with van der Waals surface area (Å²) >= 11 is 0. The van der Waals surface area contributed by atoms with Crippen LogP contribution in [0.3, 0.4) is 0 Å². The van der Waals surface area contributed by atoms with Gasteiger partial charge in [0.2, 0.25) is 0 Å². The van der Waals surface area contributed by atoms with Gasteiger partial charge in [-0.2, -0.15) is 0 Å². The summed E-state index contributed by atoms with van der Waals surface area (Å²) in [6.07, 6.45) is 1.27. The van der Waals surface area contributed by atoms with Crippen molar-refractivity contribution in [2.45, 2.75) is 51.5 Å². The van der Waals surface area contributed by atoms with Crippen LogP contribution in [0, 0.1) is 0 Å². The summed E-state index contributed by atoms with van der Waals surface area (Å²) in [5.74, 6) is -1.19. The molecule has 0 spiro atoms. The largest absolute Gasteiger partial charge is 0.481 e. The number of esters is 1. The molecule has 1 N–H and O–H groups in total. The lowest BCUT2D eigenvalue weighted by atomic mass is 10.2. The Bertz CT molecular complexity index is 858. The maximum atomic E-state index is 11.6. The summed E-state index contributed by atoms with van der Waals surface area (Å²) in [6, 6.07) is 21.0. The van der Waals surface area contributed by atoms with Gasteiger partial charge in [-0.3, -0.25) is 9.59 Å². The van der Waals surface area contributed by atoms with E-state index in [1.165, 1.54) is 10.4 Å². The highest BCUT2D eigenvalue weighted by molar-refractivity contribution is 6.99. The van der Waals surface area contributed by atoms with Crippen LogP contribution < -0.4 is 10.4 Å². The van der Waals surface area contributed by atoms with Crippen LogP contribution >= 0.6 is 0 Å². The number of hydrogen-bond donors (Lipinski definition) is 1. The highest BCUT2D eigenvalue weighted by Crippen LogP contribution is 2.36. The molecule has 0 bridgehead atoms. The third kappa shape index (κ3) is 9.50. The van der Waals surface area contributed by atoms with E-state index < -0.39 is 14.3 Å². The molecule has 0 amide bonds. The Morgan fingerprint density at radius 3 is 1.69 bits per heavy atom. The molecule has 0 heterocycles. The lowest BCUT2D eigenvalue weighted by Crippen LogP contribution is -2.66. The third-order valence-electron chi connectivity index (χ3n) is 5.85. The number of ether oxygens (including phenoxy) is 3. The average molecular weight is 517 g/mol. The number of rotatable bonds is 17. The first-order valence-electron chi connectivity index (χ1n) is 12.6. The molecule has 0 radical (unpaired) electrons. The highest BCUT2D eigenvalue weighted by atomic mass is 28.4. The molecule has 0 fully saturated rings. The van der Waals surface area contributed by atoms with Crippen LogP contribution in [0.2, 0.25) is 5.04 Å². The zero-order valence-electron chi connectivity index (χ0n) is 21.7. The van der Waals surface area contributed by atoms with E-state index in [9.17, 15) is 9.59 Å². The number of hydrogen-bond acceptors (Lipinski definition) is 6. The van der Waals surface area contributed by atoms with Crippen LogP contribution in [0.1, 0.15) is 46.5 Å². The lowest BCUT2D eigenvalue weighted by molar-refractivity contribution is -0.146. The Labute approximate surface area is 215 Å². The molecule has 0 aliphatic heterocycles. The lowest BCUT2D eigenvalue weighted by Gasteiger charge is -2.43. The average Bonchev–Trinajstić information content (AvgIpc) is 2.85. The van der Waals surface area contributed by atoms with Gasteiger partial charge >= 0.3 is 11.9 Å². The van der Waals surface area contributed by atoms with Gasteiger partial charge in [0.25, 0.3) is 8.32 Å². The van der Waals surface area contributed by atoms with Crippen molar-refractivity contribution in [3.63, 3.8) is 0 Å². The normalized spacial score (nSPS) is 11.9. The highest BCUT2D eigenvalue weighted by Gasteiger charge is 2.49. The number of benzene rings is 2. The molecule has 0 aromatic heterocycles. The van der Waals surface area contributed by atoms with Crippen LogP contribution in [0.4, 0.5) is 0 Å². The molecule has 0 saturated heterocycles. The smallest absolute Gasteiger partial charge is 0.305 e. The number of carboxylic acid groups (broad SMARTS) is 1. The van der Waals surface area contributed by atoms with Crippen molar-refractivity contribution in [3.8, 4) is 0 Å². The molecule has 198 valence electrons.